The first-order valence-electron chi connectivity index (χ1n) is 11.9. The van der Waals surface area contributed by atoms with E-state index in [0.29, 0.717) is 31.6 Å². The van der Waals surface area contributed by atoms with Crippen molar-refractivity contribution in [2.24, 2.45) is 0 Å². The number of aliphatic hydroxyl groups excluding tert-OH is 1. The number of benzene rings is 1. The molecule has 9 nitrogen and oxygen atoms in total. The number of rotatable bonds is 11. The van der Waals surface area contributed by atoms with E-state index in [2.05, 4.69) is 38.4 Å². The summed E-state index contributed by atoms with van der Waals surface area (Å²) < 4.78 is 7.66. The Kier molecular flexibility index (Phi) is 7.85. The van der Waals surface area contributed by atoms with Gasteiger partial charge >= 0.3 is 0 Å². The van der Waals surface area contributed by atoms with Gasteiger partial charge in [0.05, 0.1) is 18.7 Å². The molecule has 3 aromatic rings. The SMILES string of the molecule is CCC[C@@H](c1nnnn1C[C@@H]1CCCO1)N(CCCO)Cc1cc2cc(C)ccc2[nH]c1=O. The zero-order valence-corrected chi connectivity index (χ0v) is 19.5. The molecule has 0 bridgehead atoms. The van der Waals surface area contributed by atoms with Gasteiger partial charge in [0.2, 0.25) is 0 Å². The zero-order chi connectivity index (χ0) is 23.2. The van der Waals surface area contributed by atoms with Gasteiger partial charge < -0.3 is 14.8 Å². The first-order chi connectivity index (χ1) is 16.1. The van der Waals surface area contributed by atoms with Crippen LogP contribution in [0.4, 0.5) is 0 Å². The van der Waals surface area contributed by atoms with Gasteiger partial charge in [0.25, 0.3) is 5.56 Å². The van der Waals surface area contributed by atoms with Crippen LogP contribution in [0.2, 0.25) is 0 Å². The Bertz CT molecular complexity index is 1110. The van der Waals surface area contributed by atoms with Crippen LogP contribution in [0.1, 0.15) is 62.0 Å². The predicted molar refractivity (Wildman–Crippen MR) is 126 cm³/mol. The molecular weight excluding hydrogens is 420 g/mol. The van der Waals surface area contributed by atoms with E-state index in [1.54, 1.807) is 0 Å². The highest BCUT2D eigenvalue weighted by molar-refractivity contribution is 5.79. The molecule has 0 amide bonds. The highest BCUT2D eigenvalue weighted by Gasteiger charge is 2.28. The van der Waals surface area contributed by atoms with Crippen molar-refractivity contribution in [1.82, 2.24) is 30.1 Å². The van der Waals surface area contributed by atoms with Crippen molar-refractivity contribution in [1.29, 1.82) is 0 Å². The molecule has 1 aliphatic heterocycles. The van der Waals surface area contributed by atoms with Gasteiger partial charge in [-0.3, -0.25) is 9.69 Å². The molecule has 1 saturated heterocycles. The Morgan fingerprint density at radius 3 is 3.00 bits per heavy atom. The normalized spacial score (nSPS) is 17.3. The summed E-state index contributed by atoms with van der Waals surface area (Å²) in [6, 6.07) is 7.93. The summed E-state index contributed by atoms with van der Waals surface area (Å²) in [6.07, 6.45) is 4.61. The molecule has 0 spiro atoms. The van der Waals surface area contributed by atoms with Crippen LogP contribution < -0.4 is 5.56 Å². The molecule has 4 rings (SSSR count). The van der Waals surface area contributed by atoms with E-state index in [1.165, 1.54) is 0 Å². The molecule has 9 heteroatoms. The number of H-pyrrole nitrogens is 1. The minimum absolute atomic E-state index is 0.0643. The minimum atomic E-state index is -0.0884. The second kappa shape index (κ2) is 11.0. The van der Waals surface area contributed by atoms with Gasteiger partial charge in [0.1, 0.15) is 0 Å². The standard InChI is InChI=1S/C24H34N6O3/c1-3-6-22(23-26-27-28-30(23)16-20-7-4-12-33-20)29(10-5-11-31)15-19-14-18-13-17(2)8-9-21(18)25-24(19)32/h8-9,13-14,20,22,31H,3-7,10-12,15-16H2,1-2H3,(H,25,32)/t20-,22-/m0/s1. The number of pyridine rings is 1. The number of fused-ring (bicyclic) bond motifs is 1. The number of hydrogen-bond acceptors (Lipinski definition) is 7. The van der Waals surface area contributed by atoms with E-state index < -0.39 is 0 Å². The second-order valence-electron chi connectivity index (χ2n) is 8.92. The van der Waals surface area contributed by atoms with Gasteiger partial charge in [0, 0.05) is 37.4 Å². The van der Waals surface area contributed by atoms with Gasteiger partial charge in [-0.15, -0.1) is 5.10 Å². The number of nitrogens with zero attached hydrogens (tertiary/aromatic N) is 5. The molecule has 1 fully saturated rings. The summed E-state index contributed by atoms with van der Waals surface area (Å²) in [6.45, 7) is 6.78. The van der Waals surface area contributed by atoms with Crippen LogP contribution >= 0.6 is 0 Å². The predicted octanol–water partition coefficient (Wildman–Crippen LogP) is 2.73. The Balaban J connectivity index is 1.65. The summed E-state index contributed by atoms with van der Waals surface area (Å²) in [4.78, 5) is 18.1. The van der Waals surface area contributed by atoms with E-state index >= 15 is 0 Å². The van der Waals surface area contributed by atoms with Crippen LogP contribution in [0.15, 0.2) is 29.1 Å². The van der Waals surface area contributed by atoms with Crippen LogP contribution in [0, 0.1) is 6.92 Å². The Hall–Kier alpha value is -2.62. The van der Waals surface area contributed by atoms with Crippen molar-refractivity contribution in [3.63, 3.8) is 0 Å². The topological polar surface area (TPSA) is 109 Å². The maximum Gasteiger partial charge on any atom is 0.252 e. The van der Waals surface area contributed by atoms with Gasteiger partial charge in [-0.05, 0) is 66.6 Å². The molecule has 2 N–H and O–H groups in total. The fourth-order valence-electron chi connectivity index (χ4n) is 4.64. The molecule has 1 aliphatic rings. The molecule has 2 aromatic heterocycles. The summed E-state index contributed by atoms with van der Waals surface area (Å²) in [5, 5.41) is 23.2. The number of hydrogen-bond donors (Lipinski definition) is 2. The van der Waals surface area contributed by atoms with Crippen LogP contribution in [-0.2, 0) is 17.8 Å². The molecule has 0 radical (unpaired) electrons. The van der Waals surface area contributed by atoms with Crippen LogP contribution in [0.3, 0.4) is 0 Å². The van der Waals surface area contributed by atoms with Crippen molar-refractivity contribution in [3.05, 3.63) is 51.6 Å². The maximum absolute atomic E-state index is 12.9. The number of tetrazole rings is 1. The van der Waals surface area contributed by atoms with Crippen LogP contribution in [-0.4, -0.2) is 61.1 Å². The van der Waals surface area contributed by atoms with E-state index in [1.807, 2.05) is 29.8 Å². The lowest BCUT2D eigenvalue weighted by Crippen LogP contribution is -2.34. The number of aryl methyl sites for hydroxylation is 1. The summed E-state index contributed by atoms with van der Waals surface area (Å²) in [5.41, 5.74) is 2.59. The molecule has 3 heterocycles. The lowest BCUT2D eigenvalue weighted by atomic mass is 10.1. The molecular formula is C24H34N6O3. The van der Waals surface area contributed by atoms with Crippen molar-refractivity contribution >= 4 is 10.9 Å². The third-order valence-electron chi connectivity index (χ3n) is 6.31. The summed E-state index contributed by atoms with van der Waals surface area (Å²) in [5.74, 6) is 0.790. The van der Waals surface area contributed by atoms with Crippen molar-refractivity contribution in [3.8, 4) is 0 Å². The van der Waals surface area contributed by atoms with Crippen molar-refractivity contribution in [2.45, 2.75) is 71.2 Å². The molecule has 0 aliphatic carbocycles. The van der Waals surface area contributed by atoms with E-state index in [9.17, 15) is 9.90 Å². The third-order valence-corrected chi connectivity index (χ3v) is 6.31. The lowest BCUT2D eigenvalue weighted by molar-refractivity contribution is 0.0885. The van der Waals surface area contributed by atoms with E-state index in [4.69, 9.17) is 4.74 Å². The van der Waals surface area contributed by atoms with E-state index in [0.717, 1.165) is 54.6 Å². The maximum atomic E-state index is 12.9. The smallest absolute Gasteiger partial charge is 0.252 e. The van der Waals surface area contributed by atoms with Crippen LogP contribution in [0.25, 0.3) is 10.9 Å². The van der Waals surface area contributed by atoms with Gasteiger partial charge in [-0.1, -0.05) is 25.0 Å². The largest absolute Gasteiger partial charge is 0.396 e. The molecule has 178 valence electrons. The average Bonchev–Trinajstić information content (AvgIpc) is 3.48. The van der Waals surface area contributed by atoms with Crippen molar-refractivity contribution in [2.75, 3.05) is 19.8 Å². The fourth-order valence-corrected chi connectivity index (χ4v) is 4.64. The Morgan fingerprint density at radius 1 is 1.36 bits per heavy atom. The second-order valence-corrected chi connectivity index (χ2v) is 8.92. The molecule has 33 heavy (non-hydrogen) atoms. The number of aliphatic hydroxyl groups is 1. The highest BCUT2D eigenvalue weighted by Crippen LogP contribution is 2.27. The Labute approximate surface area is 193 Å². The quantitative estimate of drug-likeness (QED) is 0.458. The lowest BCUT2D eigenvalue weighted by Gasteiger charge is -2.31. The van der Waals surface area contributed by atoms with Crippen LogP contribution in [0.5, 0.6) is 0 Å². The third kappa shape index (κ3) is 5.66. The van der Waals surface area contributed by atoms with Gasteiger partial charge in [0.15, 0.2) is 5.82 Å². The zero-order valence-electron chi connectivity index (χ0n) is 19.5. The van der Waals surface area contributed by atoms with Gasteiger partial charge in [-0.25, -0.2) is 4.68 Å². The number of aromatic nitrogens is 5. The first kappa shape index (κ1) is 23.5. The van der Waals surface area contributed by atoms with E-state index in [-0.39, 0.29) is 24.3 Å². The molecule has 0 unspecified atom stereocenters. The highest BCUT2D eigenvalue weighted by atomic mass is 16.5. The Morgan fingerprint density at radius 2 is 2.24 bits per heavy atom. The number of nitrogens with one attached hydrogen (secondary N) is 1. The average molecular weight is 455 g/mol. The fraction of sp³-hybridized carbons (Fsp3) is 0.583. The summed E-state index contributed by atoms with van der Waals surface area (Å²) in [7, 11) is 0. The summed E-state index contributed by atoms with van der Waals surface area (Å²) >= 11 is 0. The van der Waals surface area contributed by atoms with Crippen molar-refractivity contribution < 1.29 is 9.84 Å². The van der Waals surface area contributed by atoms with Gasteiger partial charge in [-0.2, -0.15) is 0 Å². The number of aromatic amines is 1. The first-order valence-corrected chi connectivity index (χ1v) is 11.9. The monoisotopic (exact) mass is 454 g/mol. The minimum Gasteiger partial charge on any atom is -0.396 e. The number of ether oxygens (including phenoxy) is 1. The molecule has 0 saturated carbocycles. The molecule has 2 atom stereocenters. The molecule has 1 aromatic carbocycles.